The summed E-state index contributed by atoms with van der Waals surface area (Å²) < 4.78 is 6.52. The Morgan fingerprint density at radius 3 is 3.11 bits per heavy atom. The molecule has 0 unspecified atom stereocenters. The zero-order valence-corrected chi connectivity index (χ0v) is 12.1. The van der Waals surface area contributed by atoms with Gasteiger partial charge in [-0.3, -0.25) is 0 Å². The maximum Gasteiger partial charge on any atom is 0.161 e. The summed E-state index contributed by atoms with van der Waals surface area (Å²) in [6.07, 6.45) is 2.80. The molecule has 1 aromatic heterocycles. The fourth-order valence-electron chi connectivity index (χ4n) is 2.01. The Bertz CT molecular complexity index is 592. The summed E-state index contributed by atoms with van der Waals surface area (Å²) >= 11 is 2.22. The molecular formula is C13H12IN3O. The summed E-state index contributed by atoms with van der Waals surface area (Å²) in [5.41, 5.74) is 2.27. The van der Waals surface area contributed by atoms with Gasteiger partial charge in [-0.25, -0.2) is 9.97 Å². The first-order valence-electron chi connectivity index (χ1n) is 5.74. The predicted molar refractivity (Wildman–Crippen MR) is 78.9 cm³/mol. The molecule has 3 rings (SSSR count). The molecule has 1 aliphatic rings. The number of rotatable bonds is 2. The molecule has 0 amide bonds. The molecule has 0 radical (unpaired) electrons. The highest BCUT2D eigenvalue weighted by molar-refractivity contribution is 14.1. The van der Waals surface area contributed by atoms with Gasteiger partial charge in [0.15, 0.2) is 5.82 Å². The van der Waals surface area contributed by atoms with Crippen LogP contribution in [0.5, 0.6) is 5.75 Å². The Hall–Kier alpha value is -1.37. The first-order chi connectivity index (χ1) is 8.78. The first kappa shape index (κ1) is 11.7. The van der Waals surface area contributed by atoms with E-state index in [4.69, 9.17) is 4.74 Å². The topological polar surface area (TPSA) is 47.0 Å². The second-order valence-electron chi connectivity index (χ2n) is 4.06. The molecule has 1 aromatic carbocycles. The van der Waals surface area contributed by atoms with Crippen molar-refractivity contribution in [2.75, 3.05) is 19.0 Å². The highest BCUT2D eigenvalue weighted by atomic mass is 127. The van der Waals surface area contributed by atoms with Crippen LogP contribution in [0.15, 0.2) is 24.4 Å². The molecule has 2 heterocycles. The zero-order chi connectivity index (χ0) is 12.5. The van der Waals surface area contributed by atoms with Crippen LogP contribution in [0, 0.1) is 3.57 Å². The Kier molecular flexibility index (Phi) is 3.07. The number of benzene rings is 1. The van der Waals surface area contributed by atoms with Gasteiger partial charge in [-0.15, -0.1) is 0 Å². The molecule has 2 aromatic rings. The number of ether oxygens (including phenoxy) is 1. The van der Waals surface area contributed by atoms with Gasteiger partial charge in [-0.05, 0) is 46.4 Å². The van der Waals surface area contributed by atoms with Crippen LogP contribution in [0.25, 0.3) is 11.4 Å². The lowest BCUT2D eigenvalue weighted by atomic mass is 10.1. The summed E-state index contributed by atoms with van der Waals surface area (Å²) in [5, 5.41) is 3.07. The van der Waals surface area contributed by atoms with Crippen molar-refractivity contribution in [1.29, 1.82) is 0 Å². The summed E-state index contributed by atoms with van der Waals surface area (Å²) in [6.45, 7) is 0.772. The van der Waals surface area contributed by atoms with Crippen LogP contribution in [-0.2, 0) is 6.42 Å². The molecule has 0 atom stereocenters. The Balaban J connectivity index is 2.04. The zero-order valence-electron chi connectivity index (χ0n) is 9.90. The van der Waals surface area contributed by atoms with Crippen LogP contribution in [0.1, 0.15) is 5.56 Å². The number of hydrogen-bond acceptors (Lipinski definition) is 4. The van der Waals surface area contributed by atoms with Gasteiger partial charge in [0.2, 0.25) is 0 Å². The lowest BCUT2D eigenvalue weighted by Gasteiger charge is -2.06. The number of nitrogens with one attached hydrogen (secondary N) is 1. The summed E-state index contributed by atoms with van der Waals surface area (Å²) in [6, 6.07) is 6.12. The Morgan fingerprint density at radius 1 is 1.39 bits per heavy atom. The third-order valence-electron chi connectivity index (χ3n) is 2.93. The normalized spacial score (nSPS) is 13.0. The Morgan fingerprint density at radius 2 is 2.28 bits per heavy atom. The number of hydrogen-bond donors (Lipinski definition) is 1. The maximum atomic E-state index is 5.50. The van der Waals surface area contributed by atoms with Crippen molar-refractivity contribution in [3.05, 3.63) is 33.5 Å². The second kappa shape index (κ2) is 4.72. The number of halogens is 1. The molecule has 1 N–H and O–H groups in total. The van der Waals surface area contributed by atoms with Gasteiger partial charge in [-0.1, -0.05) is 0 Å². The minimum Gasteiger partial charge on any atom is -0.493 e. The number of aromatic nitrogens is 2. The highest BCUT2D eigenvalue weighted by Gasteiger charge is 2.14. The molecular weight excluding hydrogens is 341 g/mol. The smallest absolute Gasteiger partial charge is 0.161 e. The van der Waals surface area contributed by atoms with Gasteiger partial charge in [0.05, 0.1) is 10.2 Å². The van der Waals surface area contributed by atoms with E-state index < -0.39 is 0 Å². The van der Waals surface area contributed by atoms with Crippen molar-refractivity contribution >= 4 is 28.4 Å². The average molecular weight is 353 g/mol. The molecule has 1 aliphatic heterocycles. The lowest BCUT2D eigenvalue weighted by molar-refractivity contribution is 0.357. The summed E-state index contributed by atoms with van der Waals surface area (Å²) in [4.78, 5) is 8.90. The molecule has 0 bridgehead atoms. The average Bonchev–Trinajstić information content (AvgIpc) is 2.86. The molecule has 0 saturated carbocycles. The van der Waals surface area contributed by atoms with Crippen LogP contribution >= 0.6 is 22.6 Å². The number of fused-ring (bicyclic) bond motifs is 1. The van der Waals surface area contributed by atoms with E-state index in [0.29, 0.717) is 0 Å². The fraction of sp³-hybridized carbons (Fsp3) is 0.231. The van der Waals surface area contributed by atoms with Crippen molar-refractivity contribution in [2.24, 2.45) is 0 Å². The third kappa shape index (κ3) is 2.03. The maximum absolute atomic E-state index is 5.50. The van der Waals surface area contributed by atoms with E-state index in [1.165, 1.54) is 5.56 Å². The summed E-state index contributed by atoms with van der Waals surface area (Å²) in [5.74, 6) is 2.59. The van der Waals surface area contributed by atoms with Crippen molar-refractivity contribution in [1.82, 2.24) is 9.97 Å². The molecule has 18 heavy (non-hydrogen) atoms. The van der Waals surface area contributed by atoms with Gasteiger partial charge in [0.25, 0.3) is 0 Å². The van der Waals surface area contributed by atoms with Gasteiger partial charge in [0, 0.05) is 25.2 Å². The van der Waals surface area contributed by atoms with Crippen LogP contribution in [0.2, 0.25) is 0 Å². The summed E-state index contributed by atoms with van der Waals surface area (Å²) in [7, 11) is 1.87. The van der Waals surface area contributed by atoms with Crippen molar-refractivity contribution in [3.8, 4) is 17.1 Å². The fourth-order valence-corrected chi connectivity index (χ4v) is 2.54. The predicted octanol–water partition coefficient (Wildman–Crippen LogP) is 2.72. The van der Waals surface area contributed by atoms with E-state index in [1.807, 2.05) is 25.4 Å². The van der Waals surface area contributed by atoms with E-state index in [1.54, 1.807) is 0 Å². The molecule has 0 fully saturated rings. The Labute approximate surface area is 119 Å². The second-order valence-corrected chi connectivity index (χ2v) is 5.22. The molecule has 0 aliphatic carbocycles. The standard InChI is InChI=1S/C13H12IN3O/c1-15-13-10(14)7-16-12(17-13)9-2-3-11-8(6-9)4-5-18-11/h2-3,6-7H,4-5H2,1H3,(H,15,16,17). The van der Waals surface area contributed by atoms with Crippen LogP contribution in [0.3, 0.4) is 0 Å². The molecule has 92 valence electrons. The first-order valence-corrected chi connectivity index (χ1v) is 6.82. The minimum atomic E-state index is 0.745. The van der Waals surface area contributed by atoms with E-state index in [-0.39, 0.29) is 0 Å². The number of nitrogens with zero attached hydrogens (tertiary/aromatic N) is 2. The molecule has 5 heteroatoms. The van der Waals surface area contributed by atoms with Gasteiger partial charge < -0.3 is 10.1 Å². The minimum absolute atomic E-state index is 0.745. The molecule has 0 spiro atoms. The highest BCUT2D eigenvalue weighted by Crippen LogP contribution is 2.29. The third-order valence-corrected chi connectivity index (χ3v) is 3.72. The van der Waals surface area contributed by atoms with Gasteiger partial charge >= 0.3 is 0 Å². The van der Waals surface area contributed by atoms with E-state index in [0.717, 1.165) is 39.6 Å². The monoisotopic (exact) mass is 353 g/mol. The van der Waals surface area contributed by atoms with Crippen molar-refractivity contribution in [3.63, 3.8) is 0 Å². The van der Waals surface area contributed by atoms with E-state index >= 15 is 0 Å². The molecule has 4 nitrogen and oxygen atoms in total. The van der Waals surface area contributed by atoms with Crippen LogP contribution in [-0.4, -0.2) is 23.6 Å². The lowest BCUT2D eigenvalue weighted by Crippen LogP contribution is -1.99. The largest absolute Gasteiger partial charge is 0.493 e. The van der Waals surface area contributed by atoms with Crippen LogP contribution in [0.4, 0.5) is 5.82 Å². The number of anilines is 1. The van der Waals surface area contributed by atoms with Gasteiger partial charge in [-0.2, -0.15) is 0 Å². The molecule has 0 saturated heterocycles. The van der Waals surface area contributed by atoms with E-state index in [2.05, 4.69) is 43.9 Å². The van der Waals surface area contributed by atoms with Crippen molar-refractivity contribution < 1.29 is 4.74 Å². The quantitative estimate of drug-likeness (QED) is 0.844. The SMILES string of the molecule is CNc1nc(-c2ccc3c(c2)CCO3)ncc1I. The van der Waals surface area contributed by atoms with E-state index in [9.17, 15) is 0 Å². The van der Waals surface area contributed by atoms with Crippen LogP contribution < -0.4 is 10.1 Å². The van der Waals surface area contributed by atoms with Crippen molar-refractivity contribution in [2.45, 2.75) is 6.42 Å². The van der Waals surface area contributed by atoms with Gasteiger partial charge in [0.1, 0.15) is 11.6 Å².